The van der Waals surface area contributed by atoms with E-state index in [0.717, 1.165) is 49.8 Å². The Balaban J connectivity index is 1.77. The number of hydrogen-bond acceptors (Lipinski definition) is 4. The van der Waals surface area contributed by atoms with Gasteiger partial charge in [0.25, 0.3) is 0 Å². The Kier molecular flexibility index (Phi) is 9.88. The van der Waals surface area contributed by atoms with Gasteiger partial charge in [0.05, 0.1) is 25.4 Å². The SMILES string of the molecule is CCC(O)(CC)CCc1ccc(C(CC)(CC)c2ccc(OCC3COC(C)(C)OC3)c(C)c2)cc1C. The van der Waals surface area contributed by atoms with Crippen molar-refractivity contribution >= 4 is 0 Å². The van der Waals surface area contributed by atoms with Gasteiger partial charge < -0.3 is 19.3 Å². The lowest BCUT2D eigenvalue weighted by Gasteiger charge is -2.35. The molecule has 0 aromatic heterocycles. The van der Waals surface area contributed by atoms with Crippen molar-refractivity contribution in [2.45, 2.75) is 111 Å². The molecule has 1 heterocycles. The van der Waals surface area contributed by atoms with E-state index >= 15 is 0 Å². The van der Waals surface area contributed by atoms with E-state index in [0.29, 0.717) is 19.8 Å². The minimum absolute atomic E-state index is 0.0449. The fourth-order valence-electron chi connectivity index (χ4n) is 5.62. The van der Waals surface area contributed by atoms with Crippen LogP contribution in [0.5, 0.6) is 5.75 Å². The minimum atomic E-state index is -0.559. The Morgan fingerprint density at radius 1 is 0.865 bits per heavy atom. The highest BCUT2D eigenvalue weighted by molar-refractivity contribution is 5.47. The van der Waals surface area contributed by atoms with Gasteiger partial charge in [-0.05, 0) is 100 Å². The average Bonchev–Trinajstić information content (AvgIpc) is 2.89. The van der Waals surface area contributed by atoms with Gasteiger partial charge in [-0.1, -0.05) is 58.0 Å². The molecule has 0 bridgehead atoms. The Labute approximate surface area is 225 Å². The van der Waals surface area contributed by atoms with Gasteiger partial charge in [-0.15, -0.1) is 0 Å². The van der Waals surface area contributed by atoms with Gasteiger partial charge in [0, 0.05) is 11.3 Å². The third-order valence-corrected chi connectivity index (χ3v) is 8.81. The lowest BCUT2D eigenvalue weighted by atomic mass is 9.69. The summed E-state index contributed by atoms with van der Waals surface area (Å²) in [5.41, 5.74) is 5.92. The second kappa shape index (κ2) is 12.3. The van der Waals surface area contributed by atoms with Crippen LogP contribution in [0.3, 0.4) is 0 Å². The van der Waals surface area contributed by atoms with Crippen molar-refractivity contribution in [1.82, 2.24) is 0 Å². The van der Waals surface area contributed by atoms with Gasteiger partial charge in [0.1, 0.15) is 5.75 Å². The highest BCUT2D eigenvalue weighted by Crippen LogP contribution is 2.41. The maximum atomic E-state index is 10.7. The highest BCUT2D eigenvalue weighted by atomic mass is 16.7. The molecular formula is C33H50O4. The zero-order valence-electron chi connectivity index (χ0n) is 24.6. The lowest BCUT2D eigenvalue weighted by molar-refractivity contribution is -0.264. The van der Waals surface area contributed by atoms with Crippen molar-refractivity contribution in [2.75, 3.05) is 19.8 Å². The Hall–Kier alpha value is -1.88. The summed E-state index contributed by atoms with van der Waals surface area (Å²) in [7, 11) is 0. The largest absolute Gasteiger partial charge is 0.493 e. The summed E-state index contributed by atoms with van der Waals surface area (Å²) in [6, 6.07) is 13.7. The molecule has 4 heteroatoms. The van der Waals surface area contributed by atoms with Gasteiger partial charge in [0.15, 0.2) is 5.79 Å². The molecular weight excluding hydrogens is 460 g/mol. The Bertz CT molecular complexity index is 1010. The third-order valence-electron chi connectivity index (χ3n) is 8.81. The number of rotatable bonds is 12. The summed E-state index contributed by atoms with van der Waals surface area (Å²) in [5.74, 6) is 0.674. The topological polar surface area (TPSA) is 47.9 Å². The number of hydrogen-bond donors (Lipinski definition) is 1. The van der Waals surface area contributed by atoms with Crippen LogP contribution in [0.1, 0.15) is 101 Å². The van der Waals surface area contributed by atoms with Gasteiger partial charge in [0.2, 0.25) is 0 Å². The highest BCUT2D eigenvalue weighted by Gasteiger charge is 2.32. The third kappa shape index (κ3) is 6.96. The Morgan fingerprint density at radius 2 is 1.43 bits per heavy atom. The Morgan fingerprint density at radius 3 is 1.95 bits per heavy atom. The van der Waals surface area contributed by atoms with Gasteiger partial charge in [-0.25, -0.2) is 0 Å². The molecule has 0 unspecified atom stereocenters. The van der Waals surface area contributed by atoms with Crippen molar-refractivity contribution in [3.8, 4) is 5.75 Å². The molecule has 1 fully saturated rings. The van der Waals surface area contributed by atoms with Crippen LogP contribution in [0, 0.1) is 19.8 Å². The van der Waals surface area contributed by atoms with E-state index in [9.17, 15) is 5.11 Å². The molecule has 1 aliphatic heterocycles. The van der Waals surface area contributed by atoms with Gasteiger partial charge >= 0.3 is 0 Å². The maximum absolute atomic E-state index is 10.7. The lowest BCUT2D eigenvalue weighted by Crippen LogP contribution is -2.41. The van der Waals surface area contributed by atoms with Crippen molar-refractivity contribution in [3.05, 3.63) is 64.2 Å². The van der Waals surface area contributed by atoms with Crippen LogP contribution in [0.4, 0.5) is 0 Å². The molecule has 0 spiro atoms. The van der Waals surface area contributed by atoms with Gasteiger partial charge in [-0.3, -0.25) is 0 Å². The van der Waals surface area contributed by atoms with Crippen molar-refractivity contribution in [1.29, 1.82) is 0 Å². The summed E-state index contributed by atoms with van der Waals surface area (Å²) in [4.78, 5) is 0. The predicted molar refractivity (Wildman–Crippen MR) is 153 cm³/mol. The van der Waals surface area contributed by atoms with Crippen LogP contribution >= 0.6 is 0 Å². The molecule has 0 atom stereocenters. The first-order valence-electron chi connectivity index (χ1n) is 14.4. The second-order valence-electron chi connectivity index (χ2n) is 11.5. The quantitative estimate of drug-likeness (QED) is 0.318. The molecule has 3 rings (SSSR count). The molecule has 0 amide bonds. The second-order valence-corrected chi connectivity index (χ2v) is 11.5. The standard InChI is InChI=1S/C33H50O4/c1-9-32(34,10-2)18-17-27-13-14-28(19-24(27)5)33(11-3,12-4)29-15-16-30(25(6)20-29)35-21-26-22-36-31(7,8)37-23-26/h13-16,19-20,26,34H,9-12,17-18,21-23H2,1-8H3. The normalized spacial score (nSPS) is 16.7. The summed E-state index contributed by atoms with van der Waals surface area (Å²) in [6.07, 6.45) is 5.38. The maximum Gasteiger partial charge on any atom is 0.162 e. The summed E-state index contributed by atoms with van der Waals surface area (Å²) in [5, 5.41) is 10.7. The van der Waals surface area contributed by atoms with E-state index in [-0.39, 0.29) is 11.3 Å². The first kappa shape index (κ1) is 29.7. The molecule has 0 radical (unpaired) electrons. The molecule has 37 heavy (non-hydrogen) atoms. The van der Waals surface area contributed by atoms with Crippen LogP contribution in [-0.4, -0.2) is 36.3 Å². The minimum Gasteiger partial charge on any atom is -0.493 e. The molecule has 4 nitrogen and oxygen atoms in total. The van der Waals surface area contributed by atoms with Crippen LogP contribution in [0.2, 0.25) is 0 Å². The summed E-state index contributed by atoms with van der Waals surface area (Å²) in [6.45, 7) is 18.9. The zero-order chi connectivity index (χ0) is 27.3. The van der Waals surface area contributed by atoms with E-state index in [1.54, 1.807) is 0 Å². The molecule has 0 saturated carbocycles. The van der Waals surface area contributed by atoms with E-state index in [1.165, 1.54) is 22.3 Å². The molecule has 2 aromatic rings. The number of ether oxygens (including phenoxy) is 3. The van der Waals surface area contributed by atoms with Crippen molar-refractivity contribution in [2.24, 2.45) is 5.92 Å². The van der Waals surface area contributed by atoms with Gasteiger partial charge in [-0.2, -0.15) is 0 Å². The monoisotopic (exact) mass is 510 g/mol. The summed E-state index contributed by atoms with van der Waals surface area (Å²) >= 11 is 0. The predicted octanol–water partition coefficient (Wildman–Crippen LogP) is 7.67. The molecule has 0 aliphatic carbocycles. The van der Waals surface area contributed by atoms with E-state index in [4.69, 9.17) is 14.2 Å². The van der Waals surface area contributed by atoms with E-state index in [2.05, 4.69) is 77.9 Å². The summed E-state index contributed by atoms with van der Waals surface area (Å²) < 4.78 is 17.8. The number of aryl methyl sites for hydroxylation is 3. The molecule has 2 aromatic carbocycles. The van der Waals surface area contributed by atoms with Crippen molar-refractivity contribution < 1.29 is 19.3 Å². The fraction of sp³-hybridized carbons (Fsp3) is 0.636. The van der Waals surface area contributed by atoms with Crippen LogP contribution in [0.15, 0.2) is 36.4 Å². The zero-order valence-corrected chi connectivity index (χ0v) is 24.6. The van der Waals surface area contributed by atoms with E-state index < -0.39 is 11.4 Å². The molecule has 1 aliphatic rings. The average molecular weight is 511 g/mol. The molecule has 206 valence electrons. The van der Waals surface area contributed by atoms with Crippen LogP contribution in [-0.2, 0) is 21.3 Å². The molecule has 1 N–H and O–H groups in total. The van der Waals surface area contributed by atoms with Crippen LogP contribution < -0.4 is 4.74 Å². The first-order valence-corrected chi connectivity index (χ1v) is 14.4. The first-order chi connectivity index (χ1) is 17.5. The molecule has 1 saturated heterocycles. The number of benzene rings is 2. The van der Waals surface area contributed by atoms with Crippen LogP contribution in [0.25, 0.3) is 0 Å². The van der Waals surface area contributed by atoms with E-state index in [1.807, 2.05) is 13.8 Å². The number of aliphatic hydroxyl groups is 1. The fourth-order valence-corrected chi connectivity index (χ4v) is 5.62. The smallest absolute Gasteiger partial charge is 0.162 e. The van der Waals surface area contributed by atoms with Crippen molar-refractivity contribution in [3.63, 3.8) is 0 Å².